The molecule has 0 radical (unpaired) electrons. The van der Waals surface area contributed by atoms with Crippen molar-refractivity contribution in [2.75, 3.05) is 26.2 Å². The number of pyridine rings is 1. The molecule has 1 unspecified atom stereocenters. The molecule has 0 bridgehead atoms. The highest BCUT2D eigenvalue weighted by Gasteiger charge is 2.29. The molecular formula is C14H20ClN3O. The number of nitrogens with zero attached hydrogens (tertiary/aromatic N) is 3. The van der Waals surface area contributed by atoms with Crippen molar-refractivity contribution in [3.05, 3.63) is 29.0 Å². The minimum atomic E-state index is 0.0546. The molecule has 1 aromatic rings. The fraction of sp³-hybridized carbons (Fsp3) is 0.571. The molecule has 0 aliphatic carbocycles. The second-order valence-electron chi connectivity index (χ2n) is 4.78. The van der Waals surface area contributed by atoms with Gasteiger partial charge in [-0.15, -0.1) is 0 Å². The van der Waals surface area contributed by atoms with E-state index < -0.39 is 0 Å². The molecule has 0 N–H and O–H groups in total. The summed E-state index contributed by atoms with van der Waals surface area (Å²) >= 11 is 5.83. The third-order valence-electron chi connectivity index (χ3n) is 3.75. The van der Waals surface area contributed by atoms with Crippen molar-refractivity contribution in [1.82, 2.24) is 14.8 Å². The molecule has 5 heteroatoms. The van der Waals surface area contributed by atoms with Crippen LogP contribution in [0.3, 0.4) is 0 Å². The van der Waals surface area contributed by atoms with Gasteiger partial charge in [-0.2, -0.15) is 0 Å². The van der Waals surface area contributed by atoms with E-state index in [2.05, 4.69) is 23.7 Å². The molecule has 1 saturated heterocycles. The Morgan fingerprint density at radius 2 is 2.26 bits per heavy atom. The standard InChI is InChI=1S/C14H20ClN3O/c1-3-17(4-2)12-6-8-18(10-12)14(19)11-5-7-16-13(15)9-11/h5,7,9,12H,3-4,6,8,10H2,1-2H3. The number of carbonyl (C=O) groups excluding carboxylic acids is 1. The number of carbonyl (C=O) groups is 1. The van der Waals surface area contributed by atoms with Gasteiger partial charge in [-0.05, 0) is 31.6 Å². The van der Waals surface area contributed by atoms with E-state index in [9.17, 15) is 4.79 Å². The quantitative estimate of drug-likeness (QED) is 0.795. The van der Waals surface area contributed by atoms with Crippen LogP contribution in [0.2, 0.25) is 5.15 Å². The van der Waals surface area contributed by atoms with Crippen LogP contribution >= 0.6 is 11.6 Å². The average Bonchev–Trinajstić information content (AvgIpc) is 2.89. The minimum Gasteiger partial charge on any atom is -0.337 e. The maximum absolute atomic E-state index is 12.4. The number of hydrogen-bond acceptors (Lipinski definition) is 3. The Labute approximate surface area is 119 Å². The molecular weight excluding hydrogens is 262 g/mol. The molecule has 19 heavy (non-hydrogen) atoms. The van der Waals surface area contributed by atoms with Gasteiger partial charge in [-0.1, -0.05) is 25.4 Å². The van der Waals surface area contributed by atoms with Crippen molar-refractivity contribution in [1.29, 1.82) is 0 Å². The van der Waals surface area contributed by atoms with Crippen LogP contribution in [0, 0.1) is 0 Å². The Morgan fingerprint density at radius 3 is 2.89 bits per heavy atom. The van der Waals surface area contributed by atoms with Gasteiger partial charge in [-0.3, -0.25) is 9.69 Å². The molecule has 1 amide bonds. The lowest BCUT2D eigenvalue weighted by Crippen LogP contribution is -2.38. The first-order valence-corrected chi connectivity index (χ1v) is 7.18. The van der Waals surface area contributed by atoms with E-state index in [0.29, 0.717) is 16.8 Å². The monoisotopic (exact) mass is 281 g/mol. The zero-order valence-corrected chi connectivity index (χ0v) is 12.2. The Morgan fingerprint density at radius 1 is 1.53 bits per heavy atom. The summed E-state index contributed by atoms with van der Waals surface area (Å²) in [5.41, 5.74) is 0.625. The van der Waals surface area contributed by atoms with Crippen LogP contribution in [-0.2, 0) is 0 Å². The first kappa shape index (κ1) is 14.3. The van der Waals surface area contributed by atoms with Crippen molar-refractivity contribution in [3.63, 3.8) is 0 Å². The van der Waals surface area contributed by atoms with Crippen molar-refractivity contribution in [2.24, 2.45) is 0 Å². The second kappa shape index (κ2) is 6.35. The van der Waals surface area contributed by atoms with Crippen molar-refractivity contribution in [2.45, 2.75) is 26.3 Å². The van der Waals surface area contributed by atoms with Gasteiger partial charge in [0.1, 0.15) is 5.15 Å². The zero-order chi connectivity index (χ0) is 13.8. The van der Waals surface area contributed by atoms with Gasteiger partial charge in [0.25, 0.3) is 5.91 Å². The summed E-state index contributed by atoms with van der Waals surface area (Å²) in [5, 5.41) is 0.366. The third kappa shape index (κ3) is 3.25. The number of hydrogen-bond donors (Lipinski definition) is 0. The van der Waals surface area contributed by atoms with E-state index in [4.69, 9.17) is 11.6 Å². The molecule has 0 saturated carbocycles. The summed E-state index contributed by atoms with van der Waals surface area (Å²) in [4.78, 5) is 20.6. The van der Waals surface area contributed by atoms with E-state index in [1.807, 2.05) is 4.90 Å². The van der Waals surface area contributed by atoms with Crippen LogP contribution in [0.25, 0.3) is 0 Å². The number of aromatic nitrogens is 1. The summed E-state index contributed by atoms with van der Waals surface area (Å²) in [6.45, 7) is 8.02. The highest BCUT2D eigenvalue weighted by atomic mass is 35.5. The fourth-order valence-electron chi connectivity index (χ4n) is 2.68. The summed E-state index contributed by atoms with van der Waals surface area (Å²) in [5.74, 6) is 0.0546. The predicted octanol–water partition coefficient (Wildman–Crippen LogP) is 2.29. The Hall–Kier alpha value is -1.13. The van der Waals surface area contributed by atoms with Crippen LogP contribution in [0.4, 0.5) is 0 Å². The van der Waals surface area contributed by atoms with Gasteiger partial charge in [0.05, 0.1) is 0 Å². The van der Waals surface area contributed by atoms with E-state index in [0.717, 1.165) is 32.6 Å². The second-order valence-corrected chi connectivity index (χ2v) is 5.17. The van der Waals surface area contributed by atoms with E-state index in [1.54, 1.807) is 18.3 Å². The Balaban J connectivity index is 2.02. The van der Waals surface area contributed by atoms with Crippen molar-refractivity contribution in [3.8, 4) is 0 Å². The number of likely N-dealkylation sites (tertiary alicyclic amines) is 1. The normalized spacial score (nSPS) is 19.2. The van der Waals surface area contributed by atoms with Gasteiger partial charge in [0, 0.05) is 30.9 Å². The molecule has 1 aromatic heterocycles. The third-order valence-corrected chi connectivity index (χ3v) is 3.96. The van der Waals surface area contributed by atoms with Crippen LogP contribution in [0.15, 0.2) is 18.3 Å². The van der Waals surface area contributed by atoms with Crippen molar-refractivity contribution < 1.29 is 4.79 Å². The lowest BCUT2D eigenvalue weighted by Gasteiger charge is -2.26. The highest BCUT2D eigenvalue weighted by Crippen LogP contribution is 2.18. The van der Waals surface area contributed by atoms with E-state index in [1.165, 1.54) is 0 Å². The molecule has 1 fully saturated rings. The molecule has 1 aliphatic rings. The maximum atomic E-state index is 12.4. The topological polar surface area (TPSA) is 36.4 Å². The van der Waals surface area contributed by atoms with Crippen molar-refractivity contribution >= 4 is 17.5 Å². The summed E-state index contributed by atoms with van der Waals surface area (Å²) in [6, 6.07) is 3.84. The largest absolute Gasteiger partial charge is 0.337 e. The van der Waals surface area contributed by atoms with E-state index >= 15 is 0 Å². The molecule has 2 heterocycles. The van der Waals surface area contributed by atoms with Gasteiger partial charge in [0.2, 0.25) is 0 Å². The Kier molecular flexibility index (Phi) is 4.77. The van der Waals surface area contributed by atoms with Gasteiger partial charge >= 0.3 is 0 Å². The maximum Gasteiger partial charge on any atom is 0.254 e. The highest BCUT2D eigenvalue weighted by molar-refractivity contribution is 6.29. The smallest absolute Gasteiger partial charge is 0.254 e. The van der Waals surface area contributed by atoms with Gasteiger partial charge in [0.15, 0.2) is 0 Å². The van der Waals surface area contributed by atoms with Crippen LogP contribution in [0.1, 0.15) is 30.6 Å². The molecule has 2 rings (SSSR count). The molecule has 4 nitrogen and oxygen atoms in total. The van der Waals surface area contributed by atoms with Gasteiger partial charge in [-0.25, -0.2) is 4.98 Å². The first-order valence-electron chi connectivity index (χ1n) is 6.80. The summed E-state index contributed by atoms with van der Waals surface area (Å²) < 4.78 is 0. The number of halogens is 1. The predicted molar refractivity (Wildman–Crippen MR) is 76.5 cm³/mol. The first-order chi connectivity index (χ1) is 9.15. The number of amides is 1. The number of rotatable bonds is 4. The van der Waals surface area contributed by atoms with Crippen LogP contribution < -0.4 is 0 Å². The number of likely N-dealkylation sites (N-methyl/N-ethyl adjacent to an activating group) is 1. The molecule has 1 aliphatic heterocycles. The Bertz CT molecular complexity index is 448. The van der Waals surface area contributed by atoms with Crippen LogP contribution in [0.5, 0.6) is 0 Å². The lowest BCUT2D eigenvalue weighted by molar-refractivity contribution is 0.0778. The fourth-order valence-corrected chi connectivity index (χ4v) is 2.86. The zero-order valence-electron chi connectivity index (χ0n) is 11.5. The average molecular weight is 282 g/mol. The molecule has 104 valence electrons. The summed E-state index contributed by atoms with van der Waals surface area (Å²) in [6.07, 6.45) is 2.62. The summed E-state index contributed by atoms with van der Waals surface area (Å²) in [7, 11) is 0. The van der Waals surface area contributed by atoms with Crippen LogP contribution in [-0.4, -0.2) is 52.9 Å². The van der Waals surface area contributed by atoms with E-state index in [-0.39, 0.29) is 5.91 Å². The molecule has 0 aromatic carbocycles. The molecule has 0 spiro atoms. The minimum absolute atomic E-state index is 0.0546. The molecule has 1 atom stereocenters. The SMILES string of the molecule is CCN(CC)C1CCN(C(=O)c2ccnc(Cl)c2)C1. The van der Waals surface area contributed by atoms with Gasteiger partial charge < -0.3 is 4.90 Å². The lowest BCUT2D eigenvalue weighted by atomic mass is 10.2.